The average Bonchev–Trinajstić information content (AvgIpc) is 3.02. The van der Waals surface area contributed by atoms with Crippen LogP contribution in [0.25, 0.3) is 11.3 Å². The summed E-state index contributed by atoms with van der Waals surface area (Å²) in [4.78, 5) is 12.0. The highest BCUT2D eigenvalue weighted by Crippen LogP contribution is 2.22. The zero-order chi connectivity index (χ0) is 16.9. The van der Waals surface area contributed by atoms with E-state index in [2.05, 4.69) is 5.10 Å². The molecule has 0 fully saturated rings. The van der Waals surface area contributed by atoms with Crippen molar-refractivity contribution in [2.24, 2.45) is 0 Å². The molecule has 0 atom stereocenters. The van der Waals surface area contributed by atoms with Crippen molar-refractivity contribution >= 4 is 5.97 Å². The summed E-state index contributed by atoms with van der Waals surface area (Å²) in [6.45, 7) is 2.25. The molecule has 5 heteroatoms. The van der Waals surface area contributed by atoms with Crippen molar-refractivity contribution in [3.05, 3.63) is 77.7 Å². The smallest absolute Gasteiger partial charge is 0.358 e. The minimum absolute atomic E-state index is 0.215. The second kappa shape index (κ2) is 7.08. The highest BCUT2D eigenvalue weighted by atomic mass is 19.1. The number of hydrogen-bond donors (Lipinski definition) is 0. The van der Waals surface area contributed by atoms with Crippen LogP contribution in [0.3, 0.4) is 0 Å². The molecule has 0 radical (unpaired) electrons. The van der Waals surface area contributed by atoms with E-state index in [1.54, 1.807) is 35.9 Å². The summed E-state index contributed by atoms with van der Waals surface area (Å²) in [6, 6.07) is 17.8. The first-order valence-corrected chi connectivity index (χ1v) is 7.73. The first-order chi connectivity index (χ1) is 11.7. The number of benzene rings is 2. The predicted octanol–water partition coefficient (Wildman–Crippen LogP) is 3.91. The van der Waals surface area contributed by atoms with Gasteiger partial charge in [-0.25, -0.2) is 9.18 Å². The van der Waals surface area contributed by atoms with Crippen LogP contribution in [-0.4, -0.2) is 22.4 Å². The van der Waals surface area contributed by atoms with E-state index in [9.17, 15) is 9.18 Å². The molecule has 0 amide bonds. The molecule has 1 aromatic heterocycles. The molecule has 0 saturated heterocycles. The van der Waals surface area contributed by atoms with Gasteiger partial charge in [0.1, 0.15) is 5.82 Å². The van der Waals surface area contributed by atoms with Crippen LogP contribution in [0, 0.1) is 5.82 Å². The van der Waals surface area contributed by atoms with Crippen molar-refractivity contribution in [1.29, 1.82) is 0 Å². The molecule has 0 saturated carbocycles. The van der Waals surface area contributed by atoms with Gasteiger partial charge in [0.15, 0.2) is 5.69 Å². The van der Waals surface area contributed by atoms with Crippen LogP contribution in [0.5, 0.6) is 0 Å². The standard InChI is InChI=1S/C19H17FN2O2/c1-2-24-19(23)17-12-18(14-8-4-3-5-9-14)22(21-17)13-15-10-6-7-11-16(15)20/h3-12H,2,13H2,1H3. The molecular formula is C19H17FN2O2. The van der Waals surface area contributed by atoms with Crippen molar-refractivity contribution < 1.29 is 13.9 Å². The molecule has 2 aromatic carbocycles. The van der Waals surface area contributed by atoms with Crippen LogP contribution >= 0.6 is 0 Å². The molecule has 4 nitrogen and oxygen atoms in total. The summed E-state index contributed by atoms with van der Waals surface area (Å²) < 4.78 is 20.6. The van der Waals surface area contributed by atoms with Crippen molar-refractivity contribution in [3.8, 4) is 11.3 Å². The second-order valence-electron chi connectivity index (χ2n) is 5.25. The molecule has 1 heterocycles. The number of hydrogen-bond acceptors (Lipinski definition) is 3. The van der Waals surface area contributed by atoms with Crippen molar-refractivity contribution in [2.45, 2.75) is 13.5 Å². The molecule has 3 aromatic rings. The molecule has 0 unspecified atom stereocenters. The summed E-state index contributed by atoms with van der Waals surface area (Å²) in [5, 5.41) is 4.32. The second-order valence-corrected chi connectivity index (χ2v) is 5.25. The third kappa shape index (κ3) is 3.35. The summed E-state index contributed by atoms with van der Waals surface area (Å²) in [5.74, 6) is -0.785. The van der Waals surface area contributed by atoms with Gasteiger partial charge in [-0.1, -0.05) is 48.5 Å². The third-order valence-electron chi connectivity index (χ3n) is 3.61. The Morgan fingerprint density at radius 2 is 1.83 bits per heavy atom. The summed E-state index contributed by atoms with van der Waals surface area (Å²) >= 11 is 0. The van der Waals surface area contributed by atoms with E-state index in [4.69, 9.17) is 4.74 Å². The van der Waals surface area contributed by atoms with Gasteiger partial charge in [0.05, 0.1) is 18.8 Å². The summed E-state index contributed by atoms with van der Waals surface area (Å²) in [7, 11) is 0. The molecule has 0 aliphatic rings. The Bertz CT molecular complexity index is 844. The number of halogens is 1. The Hall–Kier alpha value is -2.95. The molecule has 24 heavy (non-hydrogen) atoms. The van der Waals surface area contributed by atoms with Gasteiger partial charge >= 0.3 is 5.97 Å². The number of carbonyl (C=O) groups excluding carboxylic acids is 1. The van der Waals surface area contributed by atoms with E-state index in [0.717, 1.165) is 11.3 Å². The first kappa shape index (κ1) is 15.9. The first-order valence-electron chi connectivity index (χ1n) is 7.73. The van der Waals surface area contributed by atoms with Crippen LogP contribution < -0.4 is 0 Å². The molecule has 0 aliphatic heterocycles. The lowest BCUT2D eigenvalue weighted by Gasteiger charge is -2.08. The fourth-order valence-electron chi connectivity index (χ4n) is 2.47. The predicted molar refractivity (Wildman–Crippen MR) is 89.1 cm³/mol. The van der Waals surface area contributed by atoms with E-state index in [-0.39, 0.29) is 24.7 Å². The van der Waals surface area contributed by atoms with Crippen LogP contribution in [0.15, 0.2) is 60.7 Å². The van der Waals surface area contributed by atoms with Gasteiger partial charge in [-0.15, -0.1) is 0 Å². The van der Waals surface area contributed by atoms with Gasteiger partial charge in [-0.3, -0.25) is 4.68 Å². The van der Waals surface area contributed by atoms with Crippen LogP contribution in [0.4, 0.5) is 4.39 Å². The number of nitrogens with zero attached hydrogens (tertiary/aromatic N) is 2. The Balaban J connectivity index is 2.03. The lowest BCUT2D eigenvalue weighted by molar-refractivity contribution is 0.0518. The summed E-state index contributed by atoms with van der Waals surface area (Å²) in [5.41, 5.74) is 2.36. The quantitative estimate of drug-likeness (QED) is 0.668. The number of aromatic nitrogens is 2. The van der Waals surface area contributed by atoms with Gasteiger partial charge in [0, 0.05) is 5.56 Å². The van der Waals surface area contributed by atoms with Gasteiger partial charge in [0.2, 0.25) is 0 Å². The number of ether oxygens (including phenoxy) is 1. The molecular weight excluding hydrogens is 307 g/mol. The Labute approximate surface area is 139 Å². The van der Waals surface area contributed by atoms with E-state index in [0.29, 0.717) is 5.56 Å². The normalized spacial score (nSPS) is 10.6. The average molecular weight is 324 g/mol. The van der Waals surface area contributed by atoms with Crippen LogP contribution in [-0.2, 0) is 11.3 Å². The Morgan fingerprint density at radius 3 is 2.54 bits per heavy atom. The fraction of sp³-hybridized carbons (Fsp3) is 0.158. The van der Waals surface area contributed by atoms with Crippen LogP contribution in [0.2, 0.25) is 0 Å². The minimum atomic E-state index is -0.484. The molecule has 0 spiro atoms. The number of esters is 1. The maximum atomic E-state index is 14.0. The highest BCUT2D eigenvalue weighted by molar-refractivity contribution is 5.88. The zero-order valence-corrected chi connectivity index (χ0v) is 13.3. The van der Waals surface area contributed by atoms with Gasteiger partial charge < -0.3 is 4.74 Å². The molecule has 122 valence electrons. The molecule has 0 aliphatic carbocycles. The highest BCUT2D eigenvalue weighted by Gasteiger charge is 2.17. The van der Waals surface area contributed by atoms with E-state index in [1.165, 1.54) is 6.07 Å². The van der Waals surface area contributed by atoms with Gasteiger partial charge in [0.25, 0.3) is 0 Å². The molecule has 3 rings (SSSR count). The summed E-state index contributed by atoms with van der Waals surface area (Å²) in [6.07, 6.45) is 0. The van der Waals surface area contributed by atoms with E-state index >= 15 is 0 Å². The lowest BCUT2D eigenvalue weighted by atomic mass is 10.1. The maximum Gasteiger partial charge on any atom is 0.358 e. The molecule has 0 bridgehead atoms. The van der Waals surface area contributed by atoms with E-state index < -0.39 is 5.97 Å². The minimum Gasteiger partial charge on any atom is -0.461 e. The maximum absolute atomic E-state index is 14.0. The van der Waals surface area contributed by atoms with Crippen molar-refractivity contribution in [3.63, 3.8) is 0 Å². The fourth-order valence-corrected chi connectivity index (χ4v) is 2.47. The largest absolute Gasteiger partial charge is 0.461 e. The Kier molecular flexibility index (Phi) is 4.70. The van der Waals surface area contributed by atoms with Crippen molar-refractivity contribution in [2.75, 3.05) is 6.61 Å². The van der Waals surface area contributed by atoms with Gasteiger partial charge in [-0.2, -0.15) is 5.10 Å². The van der Waals surface area contributed by atoms with E-state index in [1.807, 2.05) is 30.3 Å². The van der Waals surface area contributed by atoms with Gasteiger partial charge in [-0.05, 0) is 24.6 Å². The van der Waals surface area contributed by atoms with Crippen molar-refractivity contribution in [1.82, 2.24) is 9.78 Å². The molecule has 0 N–H and O–H groups in total. The monoisotopic (exact) mass is 324 g/mol. The Morgan fingerprint density at radius 1 is 1.12 bits per heavy atom. The topological polar surface area (TPSA) is 44.1 Å². The SMILES string of the molecule is CCOC(=O)c1cc(-c2ccccc2)n(Cc2ccccc2F)n1. The number of carbonyl (C=O) groups is 1. The zero-order valence-electron chi connectivity index (χ0n) is 13.3. The third-order valence-corrected chi connectivity index (χ3v) is 3.61. The lowest BCUT2D eigenvalue weighted by Crippen LogP contribution is -2.09. The number of rotatable bonds is 5. The van der Waals surface area contributed by atoms with Crippen LogP contribution in [0.1, 0.15) is 23.0 Å².